The maximum absolute atomic E-state index is 12.5. The molecule has 0 fully saturated rings. The Bertz CT molecular complexity index is 519. The number of nitrogens with zero attached hydrogens (tertiary/aromatic N) is 2. The number of likely N-dealkylation sites (N-methyl/N-ethyl adjacent to an activating group) is 1. The molecule has 2 N–H and O–H groups in total. The highest BCUT2D eigenvalue weighted by Gasteiger charge is 2.25. The summed E-state index contributed by atoms with van der Waals surface area (Å²) < 4.78 is 0. The number of aliphatic hydroxyl groups excluding tert-OH is 1. The van der Waals surface area contributed by atoms with Gasteiger partial charge in [-0.3, -0.25) is 14.9 Å². The van der Waals surface area contributed by atoms with Crippen LogP contribution in [0, 0.1) is 10.1 Å². The number of hydrogen-bond donors (Lipinski definition) is 2. The minimum absolute atomic E-state index is 0.126. The molecular formula is C14H21N3O4. The van der Waals surface area contributed by atoms with Gasteiger partial charge in [-0.25, -0.2) is 0 Å². The predicted molar refractivity (Wildman–Crippen MR) is 80.5 cm³/mol. The van der Waals surface area contributed by atoms with Crippen LogP contribution in [0.1, 0.15) is 30.6 Å². The van der Waals surface area contributed by atoms with Crippen LogP contribution in [0.3, 0.4) is 0 Å². The monoisotopic (exact) mass is 295 g/mol. The summed E-state index contributed by atoms with van der Waals surface area (Å²) in [6.45, 7) is 4.00. The zero-order valence-corrected chi connectivity index (χ0v) is 12.5. The Labute approximate surface area is 123 Å². The third-order valence-electron chi connectivity index (χ3n) is 3.27. The molecular weight excluding hydrogens is 274 g/mol. The summed E-state index contributed by atoms with van der Waals surface area (Å²) in [4.78, 5) is 24.4. The molecule has 1 atom stereocenters. The summed E-state index contributed by atoms with van der Waals surface area (Å²) in [5, 5.41) is 23.2. The molecule has 0 saturated heterocycles. The first-order chi connectivity index (χ1) is 9.93. The highest BCUT2D eigenvalue weighted by molar-refractivity contribution is 6.01. The first-order valence-electron chi connectivity index (χ1n) is 6.83. The summed E-state index contributed by atoms with van der Waals surface area (Å²) >= 11 is 0. The average Bonchev–Trinajstić information content (AvgIpc) is 2.50. The van der Waals surface area contributed by atoms with E-state index >= 15 is 0 Å². The zero-order chi connectivity index (χ0) is 16.0. The fourth-order valence-corrected chi connectivity index (χ4v) is 1.82. The van der Waals surface area contributed by atoms with Crippen LogP contribution in [-0.2, 0) is 0 Å². The van der Waals surface area contributed by atoms with Gasteiger partial charge in [-0.15, -0.1) is 0 Å². The minimum atomic E-state index is -0.510. The van der Waals surface area contributed by atoms with E-state index in [9.17, 15) is 14.9 Å². The van der Waals surface area contributed by atoms with Gasteiger partial charge in [0.05, 0.1) is 23.1 Å². The van der Waals surface area contributed by atoms with Crippen molar-refractivity contribution in [2.24, 2.45) is 0 Å². The van der Waals surface area contributed by atoms with E-state index in [1.807, 2.05) is 6.92 Å². The summed E-state index contributed by atoms with van der Waals surface area (Å²) in [5.41, 5.74) is 0.339. The number of carbonyl (C=O) groups is 1. The Hall–Kier alpha value is -2.15. The van der Waals surface area contributed by atoms with Gasteiger partial charge < -0.3 is 15.3 Å². The number of carbonyl (C=O) groups excluding carboxylic acids is 1. The number of para-hydroxylation sites is 1. The van der Waals surface area contributed by atoms with Crippen molar-refractivity contribution in [3.63, 3.8) is 0 Å². The van der Waals surface area contributed by atoms with E-state index in [4.69, 9.17) is 5.11 Å². The van der Waals surface area contributed by atoms with Crippen LogP contribution in [0.15, 0.2) is 18.2 Å². The SMILES string of the molecule is CCCNc1c(C(=O)N(C)C(C)CO)cccc1[N+](=O)[O-]. The number of rotatable bonds is 7. The van der Waals surface area contributed by atoms with Crippen LogP contribution in [0.2, 0.25) is 0 Å². The van der Waals surface area contributed by atoms with E-state index in [0.29, 0.717) is 6.54 Å². The fourth-order valence-electron chi connectivity index (χ4n) is 1.82. The molecule has 0 bridgehead atoms. The van der Waals surface area contributed by atoms with Gasteiger partial charge in [-0.05, 0) is 19.4 Å². The quantitative estimate of drug-likeness (QED) is 0.591. The number of benzene rings is 1. The van der Waals surface area contributed by atoms with Gasteiger partial charge in [0.15, 0.2) is 0 Å². The summed E-state index contributed by atoms with van der Waals surface area (Å²) in [6, 6.07) is 4.04. The largest absolute Gasteiger partial charge is 0.394 e. The number of hydrogen-bond acceptors (Lipinski definition) is 5. The lowest BCUT2D eigenvalue weighted by atomic mass is 10.1. The summed E-state index contributed by atoms with van der Waals surface area (Å²) in [7, 11) is 1.56. The highest BCUT2D eigenvalue weighted by atomic mass is 16.6. The van der Waals surface area contributed by atoms with Gasteiger partial charge >= 0.3 is 0 Å². The second kappa shape index (κ2) is 7.58. The third kappa shape index (κ3) is 3.91. The van der Waals surface area contributed by atoms with E-state index in [-0.39, 0.29) is 35.5 Å². The fraction of sp³-hybridized carbons (Fsp3) is 0.500. The standard InChI is InChI=1S/C14H21N3O4/c1-4-8-15-13-11(6-5-7-12(13)17(20)21)14(19)16(3)10(2)9-18/h5-7,10,15,18H,4,8-9H2,1-3H3. The van der Waals surface area contributed by atoms with Crippen LogP contribution in [0.25, 0.3) is 0 Å². The smallest absolute Gasteiger partial charge is 0.293 e. The summed E-state index contributed by atoms with van der Waals surface area (Å²) in [6.07, 6.45) is 0.780. The molecule has 1 rings (SSSR count). The number of nitrogens with one attached hydrogen (secondary N) is 1. The van der Waals surface area contributed by atoms with Crippen LogP contribution in [-0.4, -0.2) is 47.1 Å². The second-order valence-corrected chi connectivity index (χ2v) is 4.83. The predicted octanol–water partition coefficient (Wildman–Crippen LogP) is 1.87. The van der Waals surface area contributed by atoms with Crippen molar-refractivity contribution in [1.29, 1.82) is 0 Å². The third-order valence-corrected chi connectivity index (χ3v) is 3.27. The normalized spacial score (nSPS) is 11.8. The second-order valence-electron chi connectivity index (χ2n) is 4.83. The van der Waals surface area contributed by atoms with Crippen molar-refractivity contribution in [1.82, 2.24) is 4.90 Å². The Morgan fingerprint density at radius 1 is 1.52 bits per heavy atom. The van der Waals surface area contributed by atoms with Gasteiger partial charge in [-0.2, -0.15) is 0 Å². The van der Waals surface area contributed by atoms with Crippen LogP contribution >= 0.6 is 0 Å². The van der Waals surface area contributed by atoms with Crippen molar-refractivity contribution in [2.45, 2.75) is 26.3 Å². The molecule has 116 valence electrons. The molecule has 0 aliphatic rings. The van der Waals surface area contributed by atoms with Crippen LogP contribution < -0.4 is 5.32 Å². The first-order valence-corrected chi connectivity index (χ1v) is 6.83. The molecule has 7 nitrogen and oxygen atoms in total. The topological polar surface area (TPSA) is 95.7 Å². The van der Waals surface area contributed by atoms with E-state index in [1.54, 1.807) is 20.0 Å². The van der Waals surface area contributed by atoms with Crippen LogP contribution in [0.4, 0.5) is 11.4 Å². The van der Waals surface area contributed by atoms with Gasteiger partial charge in [0.25, 0.3) is 11.6 Å². The van der Waals surface area contributed by atoms with Crippen molar-refractivity contribution < 1.29 is 14.8 Å². The van der Waals surface area contributed by atoms with E-state index in [2.05, 4.69) is 5.32 Å². The maximum atomic E-state index is 12.5. The molecule has 1 aromatic rings. The Balaban J connectivity index is 3.24. The first kappa shape index (κ1) is 16.9. The highest BCUT2D eigenvalue weighted by Crippen LogP contribution is 2.29. The molecule has 7 heteroatoms. The Morgan fingerprint density at radius 3 is 2.71 bits per heavy atom. The van der Waals surface area contributed by atoms with Gasteiger partial charge in [0.1, 0.15) is 5.69 Å². The molecule has 21 heavy (non-hydrogen) atoms. The Morgan fingerprint density at radius 2 is 2.19 bits per heavy atom. The Kier molecular flexibility index (Phi) is 6.10. The maximum Gasteiger partial charge on any atom is 0.293 e. The summed E-state index contributed by atoms with van der Waals surface area (Å²) in [5.74, 6) is -0.362. The lowest BCUT2D eigenvalue weighted by Crippen LogP contribution is -2.37. The molecule has 0 saturated carbocycles. The zero-order valence-electron chi connectivity index (χ0n) is 12.5. The van der Waals surface area contributed by atoms with Crippen molar-refractivity contribution in [3.05, 3.63) is 33.9 Å². The molecule has 0 aliphatic heterocycles. The molecule has 0 radical (unpaired) electrons. The van der Waals surface area contributed by atoms with E-state index in [1.165, 1.54) is 17.0 Å². The lowest BCUT2D eigenvalue weighted by molar-refractivity contribution is -0.384. The molecule has 0 spiro atoms. The van der Waals surface area contributed by atoms with Crippen molar-refractivity contribution in [3.8, 4) is 0 Å². The number of nitro benzene ring substituents is 1. The van der Waals surface area contributed by atoms with Crippen molar-refractivity contribution >= 4 is 17.3 Å². The number of anilines is 1. The molecule has 1 unspecified atom stereocenters. The minimum Gasteiger partial charge on any atom is -0.394 e. The van der Waals surface area contributed by atoms with Gasteiger partial charge in [0, 0.05) is 19.7 Å². The van der Waals surface area contributed by atoms with E-state index < -0.39 is 4.92 Å². The van der Waals surface area contributed by atoms with Crippen LogP contribution in [0.5, 0.6) is 0 Å². The van der Waals surface area contributed by atoms with E-state index in [0.717, 1.165) is 6.42 Å². The number of aliphatic hydroxyl groups is 1. The van der Waals surface area contributed by atoms with Crippen molar-refractivity contribution in [2.75, 3.05) is 25.5 Å². The number of amides is 1. The number of nitro groups is 1. The molecule has 1 amide bonds. The molecule has 0 heterocycles. The van der Waals surface area contributed by atoms with Gasteiger partial charge in [0.2, 0.25) is 0 Å². The molecule has 1 aromatic carbocycles. The lowest BCUT2D eigenvalue weighted by Gasteiger charge is -2.24. The average molecular weight is 295 g/mol. The molecule has 0 aromatic heterocycles. The van der Waals surface area contributed by atoms with Gasteiger partial charge in [-0.1, -0.05) is 13.0 Å². The molecule has 0 aliphatic carbocycles.